The number of nitro benzene ring substituents is 1. The molecule has 0 spiro atoms. The van der Waals surface area contributed by atoms with E-state index in [0.717, 1.165) is 23.5 Å². The number of alkyl halides is 3. The van der Waals surface area contributed by atoms with Crippen molar-refractivity contribution in [3.63, 3.8) is 0 Å². The fraction of sp³-hybridized carbons (Fsp3) is 0.0870. The van der Waals surface area contributed by atoms with Crippen molar-refractivity contribution in [2.75, 3.05) is 5.32 Å². The average molecular weight is 515 g/mol. The second-order valence-corrected chi connectivity index (χ2v) is 8.19. The number of benzene rings is 2. The summed E-state index contributed by atoms with van der Waals surface area (Å²) in [6.07, 6.45) is -3.28. The highest BCUT2D eigenvalue weighted by atomic mass is 32.1. The zero-order valence-electron chi connectivity index (χ0n) is 18.2. The molecule has 2 heterocycles. The van der Waals surface area contributed by atoms with E-state index in [0.29, 0.717) is 27.9 Å². The number of hydrogen-bond acceptors (Lipinski definition) is 8. The summed E-state index contributed by atoms with van der Waals surface area (Å²) < 4.78 is 44.2. The Balaban J connectivity index is 1.31. The fourth-order valence-corrected chi connectivity index (χ4v) is 3.79. The molecule has 2 aromatic carbocycles. The standard InChI is InChI=1S/C23H16F3N5O4S/c24-23(25,26)15-4-2-5-16(10-15)28-22-29-17(13-36-22)11-21(32)30-27-12-19-7-8-20(35-19)14-3-1-6-18(9-14)31(33)34/h1-10,12-13H,11H2,(H,28,29)(H,30,32)/b27-12-. The molecule has 2 aromatic heterocycles. The Labute approximate surface area is 205 Å². The normalized spacial score (nSPS) is 11.5. The van der Waals surface area contributed by atoms with Gasteiger partial charge in [-0.05, 0) is 30.3 Å². The van der Waals surface area contributed by atoms with E-state index in [1.807, 2.05) is 0 Å². The molecule has 0 saturated carbocycles. The maximum atomic E-state index is 12.9. The Morgan fingerprint density at radius 2 is 1.97 bits per heavy atom. The summed E-state index contributed by atoms with van der Waals surface area (Å²) in [7, 11) is 0. The van der Waals surface area contributed by atoms with Crippen LogP contribution in [0.1, 0.15) is 17.0 Å². The maximum absolute atomic E-state index is 12.9. The number of amides is 1. The minimum atomic E-state index is -4.45. The Morgan fingerprint density at radius 1 is 1.17 bits per heavy atom. The van der Waals surface area contributed by atoms with Gasteiger partial charge in [-0.15, -0.1) is 11.3 Å². The van der Waals surface area contributed by atoms with E-state index in [4.69, 9.17) is 4.42 Å². The molecule has 13 heteroatoms. The van der Waals surface area contributed by atoms with Crippen LogP contribution < -0.4 is 10.7 Å². The number of carbonyl (C=O) groups excluding carboxylic acids is 1. The molecule has 0 aliphatic carbocycles. The van der Waals surface area contributed by atoms with Gasteiger partial charge < -0.3 is 9.73 Å². The van der Waals surface area contributed by atoms with E-state index in [9.17, 15) is 28.1 Å². The van der Waals surface area contributed by atoms with Crippen LogP contribution in [0.25, 0.3) is 11.3 Å². The second-order valence-electron chi connectivity index (χ2n) is 7.33. The molecule has 0 unspecified atom stereocenters. The number of thiazole rings is 1. The largest absolute Gasteiger partial charge is 0.455 e. The molecular weight excluding hydrogens is 499 g/mol. The van der Waals surface area contributed by atoms with Crippen LogP contribution in [-0.2, 0) is 17.4 Å². The first-order valence-electron chi connectivity index (χ1n) is 10.2. The number of non-ortho nitro benzene ring substituents is 1. The number of nitrogens with one attached hydrogen (secondary N) is 2. The third-order valence-electron chi connectivity index (χ3n) is 4.68. The van der Waals surface area contributed by atoms with Crippen LogP contribution >= 0.6 is 11.3 Å². The Bertz CT molecular complexity index is 1430. The molecule has 4 aromatic rings. The van der Waals surface area contributed by atoms with Crippen LogP contribution in [0.2, 0.25) is 0 Å². The lowest BCUT2D eigenvalue weighted by Crippen LogP contribution is -2.19. The number of aromatic nitrogens is 1. The molecule has 9 nitrogen and oxygen atoms in total. The topological polar surface area (TPSA) is 123 Å². The Morgan fingerprint density at radius 3 is 2.75 bits per heavy atom. The summed E-state index contributed by atoms with van der Waals surface area (Å²) in [5.74, 6) is 0.250. The van der Waals surface area contributed by atoms with E-state index in [2.05, 4.69) is 20.8 Å². The summed E-state index contributed by atoms with van der Waals surface area (Å²) in [5.41, 5.74) is 2.64. The number of furan rings is 1. The van der Waals surface area contributed by atoms with E-state index >= 15 is 0 Å². The average Bonchev–Trinajstić information content (AvgIpc) is 3.48. The Kier molecular flexibility index (Phi) is 7.10. The molecule has 1 amide bonds. The van der Waals surface area contributed by atoms with Crippen molar-refractivity contribution in [3.8, 4) is 11.3 Å². The number of carbonyl (C=O) groups is 1. The molecule has 184 valence electrons. The lowest BCUT2D eigenvalue weighted by molar-refractivity contribution is -0.384. The third kappa shape index (κ3) is 6.33. The molecule has 4 rings (SSSR count). The van der Waals surface area contributed by atoms with Gasteiger partial charge in [0.2, 0.25) is 5.91 Å². The molecule has 0 aliphatic heterocycles. The summed E-state index contributed by atoms with van der Waals surface area (Å²) in [6.45, 7) is 0. The van der Waals surface area contributed by atoms with Crippen LogP contribution in [-0.4, -0.2) is 22.0 Å². The van der Waals surface area contributed by atoms with Crippen molar-refractivity contribution in [2.45, 2.75) is 12.6 Å². The smallest absolute Gasteiger partial charge is 0.416 e. The van der Waals surface area contributed by atoms with Gasteiger partial charge in [0.15, 0.2) is 5.13 Å². The summed E-state index contributed by atoms with van der Waals surface area (Å²) >= 11 is 1.14. The minimum absolute atomic E-state index is 0.0680. The van der Waals surface area contributed by atoms with Crippen molar-refractivity contribution in [2.24, 2.45) is 5.10 Å². The number of anilines is 2. The van der Waals surface area contributed by atoms with E-state index < -0.39 is 22.6 Å². The van der Waals surface area contributed by atoms with Crippen LogP contribution in [0.5, 0.6) is 0 Å². The number of halogens is 3. The summed E-state index contributed by atoms with van der Waals surface area (Å²) in [4.78, 5) is 26.8. The Hall–Kier alpha value is -4.52. The summed E-state index contributed by atoms with van der Waals surface area (Å²) in [6, 6.07) is 13.9. The first-order valence-corrected chi connectivity index (χ1v) is 11.1. The van der Waals surface area contributed by atoms with Gasteiger partial charge in [0.1, 0.15) is 11.5 Å². The van der Waals surface area contributed by atoms with Crippen LogP contribution in [0.3, 0.4) is 0 Å². The fourth-order valence-electron chi connectivity index (χ4n) is 3.06. The number of nitro groups is 1. The SMILES string of the molecule is O=C(Cc1csc(Nc2cccc(C(F)(F)F)c2)n1)N/N=C\c1ccc(-c2cccc([N+](=O)[O-])c2)o1. The van der Waals surface area contributed by atoms with Gasteiger partial charge in [-0.25, -0.2) is 10.4 Å². The minimum Gasteiger partial charge on any atom is -0.455 e. The van der Waals surface area contributed by atoms with Gasteiger partial charge in [-0.1, -0.05) is 18.2 Å². The highest BCUT2D eigenvalue weighted by Gasteiger charge is 2.30. The van der Waals surface area contributed by atoms with Gasteiger partial charge in [0, 0.05) is 28.8 Å². The number of nitrogens with zero attached hydrogens (tertiary/aromatic N) is 3. The first kappa shape index (κ1) is 24.6. The van der Waals surface area contributed by atoms with E-state index in [1.165, 1.54) is 30.5 Å². The van der Waals surface area contributed by atoms with E-state index in [1.54, 1.807) is 29.6 Å². The molecule has 0 saturated heterocycles. The molecule has 0 bridgehead atoms. The maximum Gasteiger partial charge on any atom is 0.416 e. The molecule has 0 fully saturated rings. The number of rotatable bonds is 8. The predicted molar refractivity (Wildman–Crippen MR) is 127 cm³/mol. The molecule has 0 atom stereocenters. The molecule has 2 N–H and O–H groups in total. The molecule has 36 heavy (non-hydrogen) atoms. The van der Waals surface area contributed by atoms with Crippen LogP contribution in [0, 0.1) is 10.1 Å². The lowest BCUT2D eigenvalue weighted by Gasteiger charge is -2.08. The first-order chi connectivity index (χ1) is 17.2. The van der Waals surface area contributed by atoms with Gasteiger partial charge in [-0.2, -0.15) is 18.3 Å². The lowest BCUT2D eigenvalue weighted by atomic mass is 10.1. The quantitative estimate of drug-likeness (QED) is 0.175. The van der Waals surface area contributed by atoms with Gasteiger partial charge in [0.05, 0.1) is 28.8 Å². The summed E-state index contributed by atoms with van der Waals surface area (Å²) in [5, 5.41) is 19.5. The van der Waals surface area contributed by atoms with Crippen molar-refractivity contribution < 1.29 is 27.3 Å². The molecular formula is C23H16F3N5O4S. The van der Waals surface area contributed by atoms with Crippen molar-refractivity contribution in [1.82, 2.24) is 10.4 Å². The van der Waals surface area contributed by atoms with Gasteiger partial charge in [0.25, 0.3) is 5.69 Å². The van der Waals surface area contributed by atoms with Gasteiger partial charge >= 0.3 is 6.18 Å². The second kappa shape index (κ2) is 10.4. The van der Waals surface area contributed by atoms with Crippen molar-refractivity contribution >= 4 is 40.0 Å². The number of hydrazone groups is 1. The van der Waals surface area contributed by atoms with Crippen molar-refractivity contribution in [1.29, 1.82) is 0 Å². The van der Waals surface area contributed by atoms with Crippen molar-refractivity contribution in [3.05, 3.63) is 93.2 Å². The van der Waals surface area contributed by atoms with Crippen LogP contribution in [0.4, 0.5) is 29.7 Å². The zero-order valence-corrected chi connectivity index (χ0v) is 19.0. The monoisotopic (exact) mass is 515 g/mol. The van der Waals surface area contributed by atoms with E-state index in [-0.39, 0.29) is 17.8 Å². The third-order valence-corrected chi connectivity index (χ3v) is 5.49. The molecule has 0 aliphatic rings. The van der Waals surface area contributed by atoms with Crippen LogP contribution in [0.15, 0.2) is 75.6 Å². The van der Waals surface area contributed by atoms with Gasteiger partial charge in [-0.3, -0.25) is 14.9 Å². The highest BCUT2D eigenvalue weighted by molar-refractivity contribution is 7.13. The highest BCUT2D eigenvalue weighted by Crippen LogP contribution is 2.32. The zero-order chi connectivity index (χ0) is 25.7. The number of hydrogen-bond donors (Lipinski definition) is 2. The molecule has 0 radical (unpaired) electrons. The predicted octanol–water partition coefficient (Wildman–Crippen LogP) is 5.77.